The van der Waals surface area contributed by atoms with E-state index in [1.807, 2.05) is 0 Å². The summed E-state index contributed by atoms with van der Waals surface area (Å²) in [5.41, 5.74) is 2.96. The highest BCUT2D eigenvalue weighted by molar-refractivity contribution is 7.66. The smallest absolute Gasteiger partial charge is 0.369 e. The highest BCUT2D eigenvalue weighted by atomic mass is 31.3. The summed E-state index contributed by atoms with van der Waals surface area (Å²) >= 11 is 0. The van der Waals surface area contributed by atoms with E-state index >= 15 is 4.39 Å². The van der Waals surface area contributed by atoms with Gasteiger partial charge in [-0.1, -0.05) is 0 Å². The zero-order valence-corrected chi connectivity index (χ0v) is 19.2. The lowest BCUT2D eigenvalue weighted by atomic mass is 9.98. The molecule has 3 heterocycles. The van der Waals surface area contributed by atoms with Crippen molar-refractivity contribution in [1.82, 2.24) is 19.5 Å². The minimum atomic E-state index is -5.68. The van der Waals surface area contributed by atoms with E-state index in [-0.39, 0.29) is 30.1 Å². The van der Waals surface area contributed by atoms with Crippen molar-refractivity contribution in [3.63, 3.8) is 0 Å². The molecule has 0 spiro atoms. The highest BCUT2D eigenvalue weighted by Crippen LogP contribution is 2.66. The van der Waals surface area contributed by atoms with E-state index in [9.17, 15) is 23.4 Å². The number of rotatable bonds is 9. The average Bonchev–Trinajstić information content (AvgIpc) is 3.11. The Morgan fingerprint density at radius 3 is 2.61 bits per heavy atom. The fourth-order valence-corrected chi connectivity index (χ4v) is 6.14. The largest absolute Gasteiger partial charge is 0.490 e. The maximum absolute atomic E-state index is 15.1. The summed E-state index contributed by atoms with van der Waals surface area (Å²) in [6.07, 6.45) is -1.40. The van der Waals surface area contributed by atoms with Crippen molar-refractivity contribution < 1.29 is 55.5 Å². The van der Waals surface area contributed by atoms with Gasteiger partial charge in [-0.25, -0.2) is 23.1 Å². The molecule has 1 aliphatic rings. The van der Waals surface area contributed by atoms with E-state index in [0.717, 1.165) is 0 Å². The molecule has 0 aliphatic carbocycles. The van der Waals surface area contributed by atoms with Crippen molar-refractivity contribution in [2.45, 2.75) is 37.8 Å². The van der Waals surface area contributed by atoms with Gasteiger partial charge in [-0.3, -0.25) is 14.3 Å². The average molecular weight is 537 g/mol. The molecule has 1 aliphatic heterocycles. The molecule has 2 unspecified atom stereocenters. The Morgan fingerprint density at radius 2 is 1.97 bits per heavy atom. The van der Waals surface area contributed by atoms with Gasteiger partial charge in [-0.05, 0) is 6.92 Å². The van der Waals surface area contributed by atoms with Crippen LogP contribution in [0.5, 0.6) is 0 Å². The van der Waals surface area contributed by atoms with Crippen LogP contribution in [-0.4, -0.2) is 63.6 Å². The Bertz CT molecular complexity index is 1240. The fraction of sp³-hybridized carbons (Fsp3) is 0.583. The number of nitrogens with one attached hydrogen (secondary N) is 1. The first-order valence-corrected chi connectivity index (χ1v) is 13.3. The van der Waals surface area contributed by atoms with Gasteiger partial charge in [0.25, 0.3) is 5.56 Å². The Hall–Kier alpha value is -1.55. The van der Waals surface area contributed by atoms with Crippen molar-refractivity contribution in [3.05, 3.63) is 16.7 Å². The third-order valence-corrected chi connectivity index (χ3v) is 8.15. The minimum Gasteiger partial charge on any atom is -0.369 e. The van der Waals surface area contributed by atoms with Gasteiger partial charge in [0.2, 0.25) is 5.95 Å². The summed E-state index contributed by atoms with van der Waals surface area (Å²) in [4.78, 5) is 57.6. The molecule has 3 rings (SSSR count). The van der Waals surface area contributed by atoms with Crippen LogP contribution in [0.1, 0.15) is 13.3 Å². The van der Waals surface area contributed by atoms with Crippen molar-refractivity contribution >= 4 is 40.6 Å². The number of phosphoric acid groups is 3. The summed E-state index contributed by atoms with van der Waals surface area (Å²) < 4.78 is 67.4. The van der Waals surface area contributed by atoms with Gasteiger partial charge in [-0.2, -0.15) is 13.6 Å². The first-order valence-electron chi connectivity index (χ1n) is 8.80. The number of hydrogen-bond acceptors (Lipinski definition) is 11. The summed E-state index contributed by atoms with van der Waals surface area (Å²) in [6.45, 7) is 0.219. The van der Waals surface area contributed by atoms with Gasteiger partial charge in [0.05, 0.1) is 25.6 Å². The number of ether oxygens (including phenoxy) is 1. The number of aromatic amines is 1. The van der Waals surface area contributed by atoms with Crippen LogP contribution in [0.4, 0.5) is 10.3 Å². The molecule has 33 heavy (non-hydrogen) atoms. The number of fused-ring (bicyclic) bond motifs is 1. The quantitative estimate of drug-likeness (QED) is 0.229. The van der Waals surface area contributed by atoms with Crippen LogP contribution >= 0.6 is 23.5 Å². The molecule has 2 aromatic rings. The molecule has 1 fully saturated rings. The molecule has 0 radical (unpaired) electrons. The number of nitrogen functional groups attached to an aromatic ring is 1. The normalized spacial score (nSPS) is 27.5. The molecule has 0 aromatic carbocycles. The first-order chi connectivity index (χ1) is 15.0. The van der Waals surface area contributed by atoms with Crippen LogP contribution in [0.15, 0.2) is 11.1 Å². The van der Waals surface area contributed by atoms with Crippen molar-refractivity contribution in [3.8, 4) is 0 Å². The lowest BCUT2D eigenvalue weighted by molar-refractivity contribution is -0.0225. The second-order valence-corrected chi connectivity index (χ2v) is 11.6. The zero-order chi connectivity index (χ0) is 24.8. The summed E-state index contributed by atoms with van der Waals surface area (Å²) in [5.74, 6) is -0.182. The standard InChI is InChI=1S/C12H19FN5O12P3/c1-12(13)2-6(4-27-32(23,24)30-33(25,26)29-31(20,21)22)28-7(12)3-18-5-15-8-9(18)16-11(14)17-10(8)19/h5-7H,2-4H2,1H3,(H,23,24)(H,25,26)(H2,20,21,22)(H3,14,16,17,19)/t6-,7-,12+/m0/s1. The summed E-state index contributed by atoms with van der Waals surface area (Å²) in [7, 11) is -16.6. The number of halogens is 1. The van der Waals surface area contributed by atoms with Gasteiger partial charge in [0.15, 0.2) is 11.2 Å². The van der Waals surface area contributed by atoms with Gasteiger partial charge in [-0.15, -0.1) is 0 Å². The van der Waals surface area contributed by atoms with Gasteiger partial charge >= 0.3 is 23.5 Å². The van der Waals surface area contributed by atoms with Gasteiger partial charge in [0.1, 0.15) is 11.8 Å². The second kappa shape index (κ2) is 8.91. The van der Waals surface area contributed by atoms with E-state index in [1.54, 1.807) is 0 Å². The van der Waals surface area contributed by atoms with Crippen LogP contribution in [0.2, 0.25) is 0 Å². The highest BCUT2D eigenvalue weighted by Gasteiger charge is 2.47. The molecular formula is C12H19FN5O12P3. The van der Waals surface area contributed by atoms with Gasteiger partial charge in [0, 0.05) is 6.42 Å². The first kappa shape index (κ1) is 26.1. The van der Waals surface area contributed by atoms with Crippen LogP contribution in [-0.2, 0) is 38.1 Å². The monoisotopic (exact) mass is 537 g/mol. The number of H-pyrrole nitrogens is 1. The van der Waals surface area contributed by atoms with E-state index in [4.69, 9.17) is 25.2 Å². The molecule has 7 N–H and O–H groups in total. The van der Waals surface area contributed by atoms with Crippen LogP contribution < -0.4 is 11.3 Å². The number of aromatic nitrogens is 4. The Balaban J connectivity index is 1.65. The topological polar surface area (TPSA) is 259 Å². The lowest BCUT2D eigenvalue weighted by Gasteiger charge is -2.21. The minimum absolute atomic E-state index is 0.0352. The number of phosphoric ester groups is 1. The molecule has 0 saturated carbocycles. The molecule has 1 saturated heterocycles. The van der Waals surface area contributed by atoms with E-state index in [2.05, 4.69) is 28.1 Å². The predicted octanol–water partition coefficient (Wildman–Crippen LogP) is -0.0692. The number of anilines is 1. The van der Waals surface area contributed by atoms with Crippen molar-refractivity contribution in [2.75, 3.05) is 12.3 Å². The third kappa shape index (κ3) is 6.74. The van der Waals surface area contributed by atoms with Crippen LogP contribution in [0, 0.1) is 0 Å². The number of alkyl halides is 1. The molecule has 17 nitrogen and oxygen atoms in total. The molecule has 21 heteroatoms. The molecule has 0 bridgehead atoms. The molecule has 186 valence electrons. The molecular weight excluding hydrogens is 518 g/mol. The molecule has 5 atom stereocenters. The second-order valence-electron chi connectivity index (χ2n) is 7.14. The number of hydrogen-bond donors (Lipinski definition) is 6. The number of nitrogens with zero attached hydrogens (tertiary/aromatic N) is 3. The van der Waals surface area contributed by atoms with E-state index in [0.29, 0.717) is 0 Å². The predicted molar refractivity (Wildman–Crippen MR) is 105 cm³/mol. The van der Waals surface area contributed by atoms with Gasteiger partial charge < -0.3 is 34.6 Å². The third-order valence-electron chi connectivity index (χ3n) is 4.35. The number of nitrogens with two attached hydrogens (primary N) is 1. The maximum atomic E-state index is 15.1. The maximum Gasteiger partial charge on any atom is 0.490 e. The van der Waals surface area contributed by atoms with Crippen molar-refractivity contribution in [2.24, 2.45) is 0 Å². The van der Waals surface area contributed by atoms with Crippen LogP contribution in [0.25, 0.3) is 11.2 Å². The summed E-state index contributed by atoms with van der Waals surface area (Å²) in [5, 5.41) is 0. The zero-order valence-electron chi connectivity index (χ0n) is 16.5. The van der Waals surface area contributed by atoms with Crippen LogP contribution in [0.3, 0.4) is 0 Å². The molecule has 0 amide bonds. The van der Waals surface area contributed by atoms with E-state index < -0.39 is 53.5 Å². The lowest BCUT2D eigenvalue weighted by Crippen LogP contribution is -2.33. The van der Waals surface area contributed by atoms with Crippen molar-refractivity contribution in [1.29, 1.82) is 0 Å². The van der Waals surface area contributed by atoms with E-state index in [1.165, 1.54) is 17.8 Å². The Morgan fingerprint density at radius 1 is 1.30 bits per heavy atom. The summed E-state index contributed by atoms with van der Waals surface area (Å²) in [6, 6.07) is 0. The number of imidazole rings is 1. The SMILES string of the molecule is C[C@@]1(F)C[C@@H](COP(=O)(O)OP(=O)(O)OP(=O)(O)O)O[C@H]1Cn1cnc2c(=O)[nH]c(N)nc21. The fourth-order valence-electron chi connectivity index (χ4n) is 3.09. The molecule has 2 aromatic heterocycles. The Kier molecular flexibility index (Phi) is 7.03. The Labute approximate surface area is 183 Å².